The first kappa shape index (κ1) is 14.9. The molecule has 0 saturated carbocycles. The monoisotopic (exact) mass is 226 g/mol. The summed E-state index contributed by atoms with van der Waals surface area (Å²) in [5.74, 6) is -0.388. The van der Waals surface area contributed by atoms with Gasteiger partial charge in [-0.15, -0.1) is 0 Å². The zero-order chi connectivity index (χ0) is 12.6. The second kappa shape index (κ2) is 8.11. The SMILES string of the molecule is CCC(=O)OC(O)/C=C(\C)CCC=C(C)C. The van der Waals surface area contributed by atoms with Crippen molar-refractivity contribution < 1.29 is 14.6 Å². The summed E-state index contributed by atoms with van der Waals surface area (Å²) in [5.41, 5.74) is 2.31. The lowest BCUT2D eigenvalue weighted by molar-refractivity contribution is -0.160. The molecular formula is C13H22O3. The molecule has 0 aromatic rings. The van der Waals surface area contributed by atoms with Crippen LogP contribution in [0.3, 0.4) is 0 Å². The van der Waals surface area contributed by atoms with E-state index in [1.165, 1.54) is 5.57 Å². The second-order valence-corrected chi connectivity index (χ2v) is 4.07. The summed E-state index contributed by atoms with van der Waals surface area (Å²) in [4.78, 5) is 10.9. The Morgan fingerprint density at radius 2 is 2.00 bits per heavy atom. The van der Waals surface area contributed by atoms with Crippen LogP contribution in [0.15, 0.2) is 23.3 Å². The average Bonchev–Trinajstić information content (AvgIpc) is 2.16. The topological polar surface area (TPSA) is 46.5 Å². The molecule has 1 atom stereocenters. The number of aliphatic hydroxyl groups is 1. The van der Waals surface area contributed by atoms with Crippen LogP contribution in [-0.4, -0.2) is 17.4 Å². The van der Waals surface area contributed by atoms with Gasteiger partial charge in [-0.1, -0.05) is 24.1 Å². The van der Waals surface area contributed by atoms with Crippen molar-refractivity contribution in [2.24, 2.45) is 0 Å². The number of esters is 1. The van der Waals surface area contributed by atoms with Gasteiger partial charge < -0.3 is 9.84 Å². The van der Waals surface area contributed by atoms with Gasteiger partial charge in [0.15, 0.2) is 0 Å². The Bertz CT molecular complexity index is 273. The number of carbonyl (C=O) groups is 1. The third-order valence-corrected chi connectivity index (χ3v) is 2.06. The molecule has 0 amide bonds. The van der Waals surface area contributed by atoms with Crippen LogP contribution in [-0.2, 0) is 9.53 Å². The zero-order valence-corrected chi connectivity index (χ0v) is 10.6. The number of hydrogen-bond donors (Lipinski definition) is 1. The van der Waals surface area contributed by atoms with Gasteiger partial charge in [0.25, 0.3) is 0 Å². The lowest BCUT2D eigenvalue weighted by atomic mass is 10.1. The van der Waals surface area contributed by atoms with Crippen LogP contribution < -0.4 is 0 Å². The summed E-state index contributed by atoms with van der Waals surface area (Å²) in [6.45, 7) is 7.72. The van der Waals surface area contributed by atoms with Crippen LogP contribution in [0.5, 0.6) is 0 Å². The second-order valence-electron chi connectivity index (χ2n) is 4.07. The Kier molecular flexibility index (Phi) is 7.56. The molecule has 1 unspecified atom stereocenters. The molecule has 3 heteroatoms. The van der Waals surface area contributed by atoms with Gasteiger partial charge in [0.05, 0.1) is 0 Å². The van der Waals surface area contributed by atoms with Crippen molar-refractivity contribution in [2.75, 3.05) is 0 Å². The maximum absolute atomic E-state index is 10.9. The molecular weight excluding hydrogens is 204 g/mol. The summed E-state index contributed by atoms with van der Waals surface area (Å²) in [6.07, 6.45) is 4.69. The molecule has 0 aromatic heterocycles. The fraction of sp³-hybridized carbons (Fsp3) is 0.615. The number of carbonyl (C=O) groups excluding carboxylic acids is 1. The highest BCUT2D eigenvalue weighted by molar-refractivity contribution is 5.69. The maximum Gasteiger partial charge on any atom is 0.308 e. The minimum absolute atomic E-state index is 0.279. The molecule has 0 aliphatic rings. The predicted octanol–water partition coefficient (Wildman–Crippen LogP) is 2.95. The summed E-state index contributed by atoms with van der Waals surface area (Å²) in [6, 6.07) is 0. The third kappa shape index (κ3) is 8.24. The van der Waals surface area contributed by atoms with Crippen LogP contribution in [0.2, 0.25) is 0 Å². The summed E-state index contributed by atoms with van der Waals surface area (Å²) in [5, 5.41) is 9.39. The van der Waals surface area contributed by atoms with E-state index in [0.717, 1.165) is 18.4 Å². The highest BCUT2D eigenvalue weighted by Gasteiger charge is 2.05. The van der Waals surface area contributed by atoms with E-state index in [1.54, 1.807) is 13.0 Å². The van der Waals surface area contributed by atoms with Gasteiger partial charge in [-0.2, -0.15) is 0 Å². The highest BCUT2D eigenvalue weighted by atomic mass is 16.6. The molecule has 92 valence electrons. The summed E-state index contributed by atoms with van der Waals surface area (Å²) < 4.78 is 4.72. The molecule has 3 nitrogen and oxygen atoms in total. The Hall–Kier alpha value is -1.09. The molecule has 0 aromatic carbocycles. The van der Waals surface area contributed by atoms with E-state index < -0.39 is 6.29 Å². The van der Waals surface area contributed by atoms with Crippen molar-refractivity contribution in [1.29, 1.82) is 0 Å². The molecule has 0 aliphatic heterocycles. The van der Waals surface area contributed by atoms with Crippen LogP contribution in [0.1, 0.15) is 47.0 Å². The van der Waals surface area contributed by atoms with Gasteiger partial charge in [0.1, 0.15) is 0 Å². The molecule has 0 spiro atoms. The van der Waals surface area contributed by atoms with Crippen molar-refractivity contribution in [2.45, 2.75) is 53.2 Å². The van der Waals surface area contributed by atoms with Crippen LogP contribution in [0.4, 0.5) is 0 Å². The lowest BCUT2D eigenvalue weighted by Gasteiger charge is -2.08. The predicted molar refractivity (Wildman–Crippen MR) is 64.8 cm³/mol. The third-order valence-electron chi connectivity index (χ3n) is 2.06. The van der Waals surface area contributed by atoms with Crippen LogP contribution >= 0.6 is 0 Å². The quantitative estimate of drug-likeness (QED) is 0.430. The molecule has 0 rings (SSSR count). The van der Waals surface area contributed by atoms with Crippen molar-refractivity contribution >= 4 is 5.97 Å². The van der Waals surface area contributed by atoms with Gasteiger partial charge in [-0.05, 0) is 39.7 Å². The van der Waals surface area contributed by atoms with Gasteiger partial charge in [0.2, 0.25) is 6.29 Å². The van der Waals surface area contributed by atoms with E-state index in [1.807, 2.05) is 6.92 Å². The van der Waals surface area contributed by atoms with Gasteiger partial charge in [-0.3, -0.25) is 4.79 Å². The largest absolute Gasteiger partial charge is 0.432 e. The Morgan fingerprint density at radius 1 is 1.38 bits per heavy atom. The Morgan fingerprint density at radius 3 is 2.50 bits per heavy atom. The van der Waals surface area contributed by atoms with Gasteiger partial charge in [0, 0.05) is 6.42 Å². The Labute approximate surface area is 97.8 Å². The minimum Gasteiger partial charge on any atom is -0.432 e. The number of allylic oxidation sites excluding steroid dienone is 3. The molecule has 0 fully saturated rings. The fourth-order valence-corrected chi connectivity index (χ4v) is 1.17. The van der Waals surface area contributed by atoms with E-state index in [4.69, 9.17) is 4.74 Å². The van der Waals surface area contributed by atoms with Crippen LogP contribution in [0.25, 0.3) is 0 Å². The molecule has 16 heavy (non-hydrogen) atoms. The Balaban J connectivity index is 4.01. The normalized spacial score (nSPS) is 13.2. The molecule has 0 saturated heterocycles. The molecule has 0 bridgehead atoms. The number of aliphatic hydroxyl groups excluding tert-OH is 1. The highest BCUT2D eigenvalue weighted by Crippen LogP contribution is 2.08. The first-order valence-corrected chi connectivity index (χ1v) is 5.64. The molecule has 0 aliphatic carbocycles. The van der Waals surface area contributed by atoms with E-state index in [0.29, 0.717) is 0 Å². The van der Waals surface area contributed by atoms with Gasteiger partial charge in [-0.25, -0.2) is 0 Å². The molecule has 0 radical (unpaired) electrons. The lowest BCUT2D eigenvalue weighted by Crippen LogP contribution is -2.14. The first-order chi connectivity index (χ1) is 7.45. The van der Waals surface area contributed by atoms with Crippen molar-refractivity contribution in [1.82, 2.24) is 0 Å². The minimum atomic E-state index is -1.11. The standard InChI is InChI=1S/C13H22O3/c1-5-12(14)16-13(15)9-11(4)8-6-7-10(2)3/h7,9,13,15H,5-6,8H2,1-4H3/b11-9+. The molecule has 1 N–H and O–H groups in total. The first-order valence-electron chi connectivity index (χ1n) is 5.64. The van der Waals surface area contributed by atoms with E-state index >= 15 is 0 Å². The van der Waals surface area contributed by atoms with Gasteiger partial charge >= 0.3 is 5.97 Å². The summed E-state index contributed by atoms with van der Waals surface area (Å²) in [7, 11) is 0. The summed E-state index contributed by atoms with van der Waals surface area (Å²) >= 11 is 0. The van der Waals surface area contributed by atoms with Crippen LogP contribution in [0, 0.1) is 0 Å². The molecule has 0 heterocycles. The van der Waals surface area contributed by atoms with E-state index in [-0.39, 0.29) is 12.4 Å². The van der Waals surface area contributed by atoms with Crippen molar-refractivity contribution in [3.8, 4) is 0 Å². The van der Waals surface area contributed by atoms with E-state index in [2.05, 4.69) is 19.9 Å². The van der Waals surface area contributed by atoms with Crippen molar-refractivity contribution in [3.63, 3.8) is 0 Å². The number of hydrogen-bond acceptors (Lipinski definition) is 3. The van der Waals surface area contributed by atoms with E-state index in [9.17, 15) is 9.90 Å². The zero-order valence-electron chi connectivity index (χ0n) is 10.6. The number of rotatable bonds is 6. The maximum atomic E-state index is 10.9. The average molecular weight is 226 g/mol. The fourth-order valence-electron chi connectivity index (χ4n) is 1.17. The smallest absolute Gasteiger partial charge is 0.308 e. The van der Waals surface area contributed by atoms with Crippen molar-refractivity contribution in [3.05, 3.63) is 23.3 Å². The number of ether oxygens (including phenoxy) is 1.